The summed E-state index contributed by atoms with van der Waals surface area (Å²) in [7, 11) is -3.44. The number of ether oxygens (including phenoxy) is 1. The molecule has 0 aliphatic carbocycles. The second-order valence-corrected chi connectivity index (χ2v) is 5.64. The predicted molar refractivity (Wildman–Crippen MR) is 62.3 cm³/mol. The third kappa shape index (κ3) is 3.09. The minimum Gasteiger partial charge on any atom is -0.508 e. The second kappa shape index (κ2) is 4.52. The van der Waals surface area contributed by atoms with Crippen LogP contribution in [0.15, 0.2) is 18.2 Å². The summed E-state index contributed by atoms with van der Waals surface area (Å²) < 4.78 is 26.9. The van der Waals surface area contributed by atoms with Crippen molar-refractivity contribution in [2.75, 3.05) is 18.9 Å². The number of benzene rings is 1. The molecule has 0 saturated heterocycles. The Morgan fingerprint density at radius 2 is 2.29 bits per heavy atom. The number of sulfonamides is 1. The molecule has 7 heteroatoms. The first-order valence-electron chi connectivity index (χ1n) is 5.15. The first-order chi connectivity index (χ1) is 7.96. The van der Waals surface area contributed by atoms with Crippen LogP contribution in [0.5, 0.6) is 11.5 Å². The first-order valence-corrected chi connectivity index (χ1v) is 6.87. The highest BCUT2D eigenvalue weighted by atomic mass is 32.2. The van der Waals surface area contributed by atoms with Crippen molar-refractivity contribution in [1.82, 2.24) is 5.32 Å². The number of nitrogens with two attached hydrogens (primary N) is 1. The second-order valence-electron chi connectivity index (χ2n) is 3.91. The van der Waals surface area contributed by atoms with Gasteiger partial charge in [0.15, 0.2) is 0 Å². The number of hydrogen-bond donors (Lipinski definition) is 3. The Morgan fingerprint density at radius 3 is 3.00 bits per heavy atom. The van der Waals surface area contributed by atoms with Crippen molar-refractivity contribution in [3.8, 4) is 11.5 Å². The number of nitrogens with one attached hydrogen (secondary N) is 1. The molecule has 1 unspecified atom stereocenters. The normalized spacial score (nSPS) is 18.8. The van der Waals surface area contributed by atoms with Crippen LogP contribution in [0.3, 0.4) is 0 Å². The number of phenolic OH excluding ortho intramolecular Hbond substituents is 1. The fourth-order valence-electron chi connectivity index (χ4n) is 1.74. The maximum absolute atomic E-state index is 10.8. The molecule has 6 nitrogen and oxygen atoms in total. The van der Waals surface area contributed by atoms with Gasteiger partial charge in [-0.3, -0.25) is 0 Å². The lowest BCUT2D eigenvalue weighted by molar-refractivity contribution is 0.312. The molecule has 0 radical (unpaired) electrons. The van der Waals surface area contributed by atoms with Crippen LogP contribution in [0.25, 0.3) is 0 Å². The Labute approximate surface area is 99.4 Å². The molecule has 0 saturated carbocycles. The van der Waals surface area contributed by atoms with Crippen molar-refractivity contribution in [3.05, 3.63) is 23.8 Å². The summed E-state index contributed by atoms with van der Waals surface area (Å²) >= 11 is 0. The Hall–Kier alpha value is -1.31. The van der Waals surface area contributed by atoms with Gasteiger partial charge in [-0.1, -0.05) is 0 Å². The fourth-order valence-corrected chi connectivity index (χ4v) is 2.15. The molecule has 1 aliphatic heterocycles. The molecule has 0 aromatic heterocycles. The van der Waals surface area contributed by atoms with Gasteiger partial charge in [0.2, 0.25) is 10.0 Å². The van der Waals surface area contributed by atoms with E-state index in [2.05, 4.69) is 5.32 Å². The highest BCUT2D eigenvalue weighted by Crippen LogP contribution is 2.34. The van der Waals surface area contributed by atoms with E-state index in [4.69, 9.17) is 9.88 Å². The van der Waals surface area contributed by atoms with E-state index in [1.165, 1.54) is 6.07 Å². The molecule has 17 heavy (non-hydrogen) atoms. The monoisotopic (exact) mass is 258 g/mol. The molecule has 1 atom stereocenters. The van der Waals surface area contributed by atoms with Crippen LogP contribution in [-0.4, -0.2) is 32.4 Å². The first kappa shape index (κ1) is 12.2. The van der Waals surface area contributed by atoms with Gasteiger partial charge in [-0.2, -0.15) is 0 Å². The van der Waals surface area contributed by atoms with Crippen LogP contribution in [0.2, 0.25) is 0 Å². The summed E-state index contributed by atoms with van der Waals surface area (Å²) in [5.74, 6) is 0.656. The molecule has 0 fully saturated rings. The highest BCUT2D eigenvalue weighted by molar-refractivity contribution is 7.89. The van der Waals surface area contributed by atoms with E-state index in [0.717, 1.165) is 5.56 Å². The number of fused-ring (bicyclic) bond motifs is 1. The van der Waals surface area contributed by atoms with Crippen molar-refractivity contribution in [3.63, 3.8) is 0 Å². The average Bonchev–Trinajstić information content (AvgIpc) is 2.59. The van der Waals surface area contributed by atoms with E-state index in [1.54, 1.807) is 12.1 Å². The van der Waals surface area contributed by atoms with Gasteiger partial charge in [0.1, 0.15) is 18.1 Å². The number of phenols is 1. The van der Waals surface area contributed by atoms with Crippen molar-refractivity contribution in [2.24, 2.45) is 5.14 Å². The predicted octanol–water partition coefficient (Wildman–Crippen LogP) is -0.296. The van der Waals surface area contributed by atoms with Crippen molar-refractivity contribution in [2.45, 2.75) is 6.04 Å². The maximum atomic E-state index is 10.8. The molecular weight excluding hydrogens is 244 g/mol. The van der Waals surface area contributed by atoms with E-state index < -0.39 is 10.0 Å². The largest absolute Gasteiger partial charge is 0.508 e. The van der Waals surface area contributed by atoms with Gasteiger partial charge in [-0.25, -0.2) is 13.6 Å². The number of rotatable bonds is 4. The van der Waals surface area contributed by atoms with Crippen molar-refractivity contribution < 1.29 is 18.3 Å². The Bertz CT molecular complexity index is 515. The van der Waals surface area contributed by atoms with Gasteiger partial charge >= 0.3 is 0 Å². The van der Waals surface area contributed by atoms with Crippen LogP contribution in [-0.2, 0) is 10.0 Å². The number of hydrogen-bond acceptors (Lipinski definition) is 5. The Balaban J connectivity index is 1.98. The molecule has 1 aromatic rings. The Kier molecular flexibility index (Phi) is 3.23. The van der Waals surface area contributed by atoms with Gasteiger partial charge < -0.3 is 15.2 Å². The average molecular weight is 258 g/mol. The van der Waals surface area contributed by atoms with Gasteiger partial charge in [0.25, 0.3) is 0 Å². The third-order valence-corrected chi connectivity index (χ3v) is 3.33. The van der Waals surface area contributed by atoms with E-state index in [-0.39, 0.29) is 24.1 Å². The zero-order valence-corrected chi connectivity index (χ0v) is 9.90. The quantitative estimate of drug-likeness (QED) is 0.688. The molecule has 1 aliphatic rings. The standard InChI is InChI=1S/C10H14N2O4S/c11-17(14,15)4-3-12-9-6-16-10-5-7(13)1-2-8(9)10/h1-2,5,9,12-13H,3-4,6H2,(H2,11,14,15). The molecule has 0 spiro atoms. The lowest BCUT2D eigenvalue weighted by atomic mass is 10.1. The summed E-state index contributed by atoms with van der Waals surface area (Å²) in [6, 6.07) is 4.80. The fraction of sp³-hybridized carbons (Fsp3) is 0.400. The van der Waals surface area contributed by atoms with E-state index in [9.17, 15) is 13.5 Å². The Morgan fingerprint density at radius 1 is 1.53 bits per heavy atom. The molecule has 0 amide bonds. The highest BCUT2D eigenvalue weighted by Gasteiger charge is 2.23. The summed E-state index contributed by atoms with van der Waals surface area (Å²) in [6.07, 6.45) is 0. The third-order valence-electron chi connectivity index (χ3n) is 2.56. The maximum Gasteiger partial charge on any atom is 0.210 e. The number of aromatic hydroxyl groups is 1. The van der Waals surface area contributed by atoms with Gasteiger partial charge in [-0.15, -0.1) is 0 Å². The minimum atomic E-state index is -3.44. The molecule has 1 aromatic carbocycles. The zero-order chi connectivity index (χ0) is 12.5. The van der Waals surface area contributed by atoms with Crippen LogP contribution >= 0.6 is 0 Å². The van der Waals surface area contributed by atoms with Crippen molar-refractivity contribution >= 4 is 10.0 Å². The minimum absolute atomic E-state index is 0.0626. The SMILES string of the molecule is NS(=O)(=O)CCNC1COc2cc(O)ccc21. The van der Waals surface area contributed by atoms with E-state index in [1.807, 2.05) is 0 Å². The molecule has 94 valence electrons. The molecular formula is C10H14N2O4S. The smallest absolute Gasteiger partial charge is 0.210 e. The van der Waals surface area contributed by atoms with Gasteiger partial charge in [0.05, 0.1) is 11.8 Å². The lowest BCUT2D eigenvalue weighted by Gasteiger charge is -2.10. The van der Waals surface area contributed by atoms with E-state index >= 15 is 0 Å². The van der Waals surface area contributed by atoms with Gasteiger partial charge in [0, 0.05) is 18.2 Å². The molecule has 4 N–H and O–H groups in total. The summed E-state index contributed by atoms with van der Waals surface area (Å²) in [5, 5.41) is 17.2. The lowest BCUT2D eigenvalue weighted by Crippen LogP contribution is -2.30. The van der Waals surface area contributed by atoms with Crippen LogP contribution in [0, 0.1) is 0 Å². The van der Waals surface area contributed by atoms with Gasteiger partial charge in [-0.05, 0) is 12.1 Å². The van der Waals surface area contributed by atoms with Crippen LogP contribution < -0.4 is 15.2 Å². The summed E-state index contributed by atoms with van der Waals surface area (Å²) in [6.45, 7) is 0.691. The summed E-state index contributed by atoms with van der Waals surface area (Å²) in [5.41, 5.74) is 0.914. The summed E-state index contributed by atoms with van der Waals surface area (Å²) in [4.78, 5) is 0. The van der Waals surface area contributed by atoms with Crippen LogP contribution in [0.4, 0.5) is 0 Å². The van der Waals surface area contributed by atoms with Crippen LogP contribution in [0.1, 0.15) is 11.6 Å². The van der Waals surface area contributed by atoms with E-state index in [0.29, 0.717) is 12.4 Å². The molecule has 0 bridgehead atoms. The topological polar surface area (TPSA) is 102 Å². The zero-order valence-electron chi connectivity index (χ0n) is 9.09. The van der Waals surface area contributed by atoms with Crippen molar-refractivity contribution in [1.29, 1.82) is 0 Å². The molecule has 2 rings (SSSR count). The number of primary sulfonamides is 1. The molecule has 1 heterocycles.